The number of para-hydroxylation sites is 1. The summed E-state index contributed by atoms with van der Waals surface area (Å²) in [5.41, 5.74) is 7.17. The van der Waals surface area contributed by atoms with Gasteiger partial charge in [0.05, 0.1) is 12.3 Å². The van der Waals surface area contributed by atoms with Crippen LogP contribution in [0.25, 0.3) is 11.0 Å². The maximum absolute atomic E-state index is 5.73. The van der Waals surface area contributed by atoms with E-state index in [1.807, 2.05) is 24.3 Å². The highest BCUT2D eigenvalue weighted by Crippen LogP contribution is 2.30. The zero-order valence-corrected chi connectivity index (χ0v) is 10.8. The molecule has 0 fully saturated rings. The molecule has 3 nitrogen and oxygen atoms in total. The molecule has 3 aromatic rings. The molecule has 0 amide bonds. The minimum atomic E-state index is -0.0655. The summed E-state index contributed by atoms with van der Waals surface area (Å²) in [6.45, 7) is 2.07. The van der Waals surface area contributed by atoms with Crippen molar-refractivity contribution in [1.82, 2.24) is 5.43 Å². The SMILES string of the molecule is Cc1ccc(C(NN)c2coc3ccccc23)cc1. The predicted molar refractivity (Wildman–Crippen MR) is 76.6 cm³/mol. The molecule has 0 bridgehead atoms. The van der Waals surface area contributed by atoms with Crippen molar-refractivity contribution in [3.8, 4) is 0 Å². The number of hydrazine groups is 1. The van der Waals surface area contributed by atoms with E-state index < -0.39 is 0 Å². The van der Waals surface area contributed by atoms with E-state index in [9.17, 15) is 0 Å². The van der Waals surface area contributed by atoms with Crippen molar-refractivity contribution in [3.05, 3.63) is 71.5 Å². The molecule has 96 valence electrons. The van der Waals surface area contributed by atoms with Crippen LogP contribution in [0.5, 0.6) is 0 Å². The Hall–Kier alpha value is -2.10. The highest BCUT2D eigenvalue weighted by Gasteiger charge is 2.17. The largest absolute Gasteiger partial charge is 0.464 e. The number of nitrogens with one attached hydrogen (secondary N) is 1. The molecular weight excluding hydrogens is 236 g/mol. The van der Waals surface area contributed by atoms with E-state index in [0.29, 0.717) is 0 Å². The third-order valence-corrected chi connectivity index (χ3v) is 3.40. The zero-order chi connectivity index (χ0) is 13.2. The maximum Gasteiger partial charge on any atom is 0.134 e. The summed E-state index contributed by atoms with van der Waals surface area (Å²) >= 11 is 0. The standard InChI is InChI=1S/C16H16N2O/c1-11-6-8-12(9-7-11)16(18-17)14-10-19-15-5-3-2-4-13(14)15/h2-10,16,18H,17H2,1H3. The second-order valence-electron chi connectivity index (χ2n) is 4.70. The number of benzene rings is 2. The molecule has 1 aromatic heterocycles. The van der Waals surface area contributed by atoms with Crippen molar-refractivity contribution >= 4 is 11.0 Å². The van der Waals surface area contributed by atoms with Crippen molar-refractivity contribution in [2.24, 2.45) is 5.84 Å². The van der Waals surface area contributed by atoms with Gasteiger partial charge in [-0.15, -0.1) is 0 Å². The van der Waals surface area contributed by atoms with Gasteiger partial charge >= 0.3 is 0 Å². The van der Waals surface area contributed by atoms with Gasteiger partial charge in [0.1, 0.15) is 5.58 Å². The lowest BCUT2D eigenvalue weighted by atomic mass is 9.98. The summed E-state index contributed by atoms with van der Waals surface area (Å²) in [7, 11) is 0. The van der Waals surface area contributed by atoms with Gasteiger partial charge in [-0.05, 0) is 18.6 Å². The van der Waals surface area contributed by atoms with Gasteiger partial charge in [0.2, 0.25) is 0 Å². The summed E-state index contributed by atoms with van der Waals surface area (Å²) in [4.78, 5) is 0. The quantitative estimate of drug-likeness (QED) is 0.555. The summed E-state index contributed by atoms with van der Waals surface area (Å²) in [5, 5.41) is 1.09. The van der Waals surface area contributed by atoms with Crippen LogP contribution in [0.2, 0.25) is 0 Å². The van der Waals surface area contributed by atoms with Crippen LogP contribution in [-0.4, -0.2) is 0 Å². The Bertz CT molecular complexity index is 685. The molecule has 3 heteroatoms. The lowest BCUT2D eigenvalue weighted by Gasteiger charge is -2.15. The second-order valence-corrected chi connectivity index (χ2v) is 4.70. The van der Waals surface area contributed by atoms with Gasteiger partial charge in [0, 0.05) is 10.9 Å². The van der Waals surface area contributed by atoms with Gasteiger partial charge in [0.25, 0.3) is 0 Å². The van der Waals surface area contributed by atoms with E-state index >= 15 is 0 Å². The molecule has 0 saturated carbocycles. The van der Waals surface area contributed by atoms with Gasteiger partial charge < -0.3 is 4.42 Å². The number of hydrogen-bond acceptors (Lipinski definition) is 3. The molecule has 2 aromatic carbocycles. The number of rotatable bonds is 3. The van der Waals surface area contributed by atoms with E-state index in [0.717, 1.165) is 22.1 Å². The maximum atomic E-state index is 5.73. The van der Waals surface area contributed by atoms with Crippen LogP contribution in [0.15, 0.2) is 59.2 Å². The zero-order valence-electron chi connectivity index (χ0n) is 10.8. The molecule has 0 aliphatic carbocycles. The summed E-state index contributed by atoms with van der Waals surface area (Å²) in [6.07, 6.45) is 1.77. The molecule has 0 saturated heterocycles. The number of furan rings is 1. The molecule has 1 unspecified atom stereocenters. The first-order chi connectivity index (χ1) is 9.29. The Morgan fingerprint density at radius 2 is 1.79 bits per heavy atom. The van der Waals surface area contributed by atoms with Crippen molar-refractivity contribution < 1.29 is 4.42 Å². The highest BCUT2D eigenvalue weighted by molar-refractivity contribution is 5.81. The predicted octanol–water partition coefficient (Wildman–Crippen LogP) is 3.29. The summed E-state index contributed by atoms with van der Waals surface area (Å²) in [6, 6.07) is 16.3. The van der Waals surface area contributed by atoms with E-state index in [1.165, 1.54) is 5.56 Å². The fourth-order valence-corrected chi connectivity index (χ4v) is 2.35. The third kappa shape index (κ3) is 2.14. The molecular formula is C16H16N2O. The van der Waals surface area contributed by atoms with Crippen LogP contribution < -0.4 is 11.3 Å². The number of aryl methyl sites for hydroxylation is 1. The molecule has 1 atom stereocenters. The van der Waals surface area contributed by atoms with Crippen LogP contribution in [0.3, 0.4) is 0 Å². The normalized spacial score (nSPS) is 12.7. The van der Waals surface area contributed by atoms with Crippen molar-refractivity contribution in [2.75, 3.05) is 0 Å². The Balaban J connectivity index is 2.09. The van der Waals surface area contributed by atoms with Crippen LogP contribution in [0.1, 0.15) is 22.7 Å². The van der Waals surface area contributed by atoms with E-state index in [2.05, 4.69) is 36.6 Å². The van der Waals surface area contributed by atoms with Gasteiger partial charge in [-0.25, -0.2) is 5.43 Å². The number of nitrogens with two attached hydrogens (primary N) is 1. The fourth-order valence-electron chi connectivity index (χ4n) is 2.35. The van der Waals surface area contributed by atoms with E-state index in [1.54, 1.807) is 6.26 Å². The summed E-state index contributed by atoms with van der Waals surface area (Å²) in [5.74, 6) is 5.73. The minimum Gasteiger partial charge on any atom is -0.464 e. The molecule has 0 aliphatic heterocycles. The number of fused-ring (bicyclic) bond motifs is 1. The van der Waals surface area contributed by atoms with Crippen molar-refractivity contribution in [2.45, 2.75) is 13.0 Å². The highest BCUT2D eigenvalue weighted by atomic mass is 16.3. The lowest BCUT2D eigenvalue weighted by molar-refractivity contribution is 0.586. The molecule has 3 N–H and O–H groups in total. The smallest absolute Gasteiger partial charge is 0.134 e. The monoisotopic (exact) mass is 252 g/mol. The fraction of sp³-hybridized carbons (Fsp3) is 0.125. The van der Waals surface area contributed by atoms with Crippen LogP contribution >= 0.6 is 0 Å². The van der Waals surface area contributed by atoms with Gasteiger partial charge in [-0.2, -0.15) is 0 Å². The average Bonchev–Trinajstić information content (AvgIpc) is 2.86. The Morgan fingerprint density at radius 3 is 2.53 bits per heavy atom. The second kappa shape index (κ2) is 4.88. The summed E-state index contributed by atoms with van der Waals surface area (Å²) < 4.78 is 5.58. The van der Waals surface area contributed by atoms with Crippen LogP contribution in [0.4, 0.5) is 0 Å². The topological polar surface area (TPSA) is 51.2 Å². The first-order valence-electron chi connectivity index (χ1n) is 6.28. The van der Waals surface area contributed by atoms with Crippen molar-refractivity contribution in [3.63, 3.8) is 0 Å². The molecule has 19 heavy (non-hydrogen) atoms. The van der Waals surface area contributed by atoms with E-state index in [4.69, 9.17) is 10.3 Å². The van der Waals surface area contributed by atoms with Gasteiger partial charge in [-0.3, -0.25) is 5.84 Å². The Kier molecular flexibility index (Phi) is 3.07. The molecule has 3 rings (SSSR count). The minimum absolute atomic E-state index is 0.0655. The third-order valence-electron chi connectivity index (χ3n) is 3.40. The molecule has 0 radical (unpaired) electrons. The molecule has 1 heterocycles. The molecule has 0 aliphatic rings. The Morgan fingerprint density at radius 1 is 1.05 bits per heavy atom. The van der Waals surface area contributed by atoms with Gasteiger partial charge in [0.15, 0.2) is 0 Å². The first-order valence-corrected chi connectivity index (χ1v) is 6.28. The lowest BCUT2D eigenvalue weighted by Crippen LogP contribution is -2.28. The van der Waals surface area contributed by atoms with E-state index in [-0.39, 0.29) is 6.04 Å². The molecule has 0 spiro atoms. The van der Waals surface area contributed by atoms with Crippen LogP contribution in [0, 0.1) is 6.92 Å². The Labute approximate surface area is 112 Å². The first kappa shape index (κ1) is 12.0. The van der Waals surface area contributed by atoms with Crippen molar-refractivity contribution in [1.29, 1.82) is 0 Å². The van der Waals surface area contributed by atoms with Crippen LogP contribution in [-0.2, 0) is 0 Å². The average molecular weight is 252 g/mol. The number of hydrogen-bond donors (Lipinski definition) is 2. The van der Waals surface area contributed by atoms with Gasteiger partial charge in [-0.1, -0.05) is 48.0 Å².